The van der Waals surface area contributed by atoms with E-state index in [1.165, 1.54) is 0 Å². The third-order valence-corrected chi connectivity index (χ3v) is 2.39. The van der Waals surface area contributed by atoms with E-state index in [1.807, 2.05) is 19.1 Å². The topological polar surface area (TPSA) is 72.8 Å². The quantitative estimate of drug-likeness (QED) is 0.729. The molecule has 0 aliphatic rings. The molecule has 1 rings (SSSR count). The number of aliphatic carboxylic acids is 1. The van der Waals surface area contributed by atoms with Crippen LogP contribution in [0.15, 0.2) is 24.3 Å². The Bertz CT molecular complexity index is 410. The van der Waals surface area contributed by atoms with Gasteiger partial charge in [0.2, 0.25) is 0 Å². The molecule has 0 saturated heterocycles. The molecule has 0 saturated carbocycles. The predicted molar refractivity (Wildman–Crippen MR) is 69.1 cm³/mol. The Morgan fingerprint density at radius 3 is 2.47 bits per heavy atom. The van der Waals surface area contributed by atoms with Crippen LogP contribution in [0.2, 0.25) is 0 Å². The number of carbonyl (C=O) groups is 2. The van der Waals surface area contributed by atoms with Crippen molar-refractivity contribution in [3.05, 3.63) is 29.8 Å². The Kier molecular flexibility index (Phi) is 6.43. The van der Waals surface area contributed by atoms with Crippen LogP contribution in [0, 0.1) is 0 Å². The number of hydrogen-bond donors (Lipinski definition) is 1. The van der Waals surface area contributed by atoms with Gasteiger partial charge in [-0.25, -0.2) is 4.79 Å². The minimum Gasteiger partial charge on any atom is -0.482 e. The lowest BCUT2D eigenvalue weighted by Crippen LogP contribution is -2.09. The predicted octanol–water partition coefficient (Wildman–Crippen LogP) is 2.04. The normalized spacial score (nSPS) is 9.95. The fraction of sp³-hybridized carbons (Fsp3) is 0.429. The Labute approximate surface area is 112 Å². The molecule has 0 atom stereocenters. The van der Waals surface area contributed by atoms with Gasteiger partial charge < -0.3 is 14.6 Å². The van der Waals surface area contributed by atoms with Gasteiger partial charge in [-0.2, -0.15) is 0 Å². The van der Waals surface area contributed by atoms with Gasteiger partial charge in [0.05, 0.1) is 6.61 Å². The van der Waals surface area contributed by atoms with E-state index in [0.29, 0.717) is 25.2 Å². The minimum absolute atomic E-state index is 0.177. The van der Waals surface area contributed by atoms with Crippen molar-refractivity contribution in [2.24, 2.45) is 0 Å². The third kappa shape index (κ3) is 6.45. The zero-order valence-corrected chi connectivity index (χ0v) is 10.9. The number of benzene rings is 1. The first kappa shape index (κ1) is 15.0. The van der Waals surface area contributed by atoms with Crippen molar-refractivity contribution in [1.29, 1.82) is 0 Å². The summed E-state index contributed by atoms with van der Waals surface area (Å²) in [6, 6.07) is 7.05. The van der Waals surface area contributed by atoms with E-state index < -0.39 is 5.97 Å². The number of esters is 1. The summed E-state index contributed by atoms with van der Waals surface area (Å²) in [6.45, 7) is 1.93. The molecule has 0 heterocycles. The molecular weight excluding hydrogens is 248 g/mol. The van der Waals surface area contributed by atoms with Gasteiger partial charge in [0.25, 0.3) is 0 Å². The highest BCUT2D eigenvalue weighted by Gasteiger charge is 2.02. The van der Waals surface area contributed by atoms with E-state index in [-0.39, 0.29) is 12.6 Å². The molecule has 0 aromatic heterocycles. The Morgan fingerprint density at radius 1 is 1.21 bits per heavy atom. The van der Waals surface area contributed by atoms with E-state index in [0.717, 1.165) is 12.0 Å². The number of carboxylic acid groups (broad SMARTS) is 1. The third-order valence-electron chi connectivity index (χ3n) is 2.39. The van der Waals surface area contributed by atoms with Crippen LogP contribution in [0.4, 0.5) is 0 Å². The summed E-state index contributed by atoms with van der Waals surface area (Å²) in [7, 11) is 0. The monoisotopic (exact) mass is 266 g/mol. The second-order valence-electron chi connectivity index (χ2n) is 4.05. The van der Waals surface area contributed by atoms with Gasteiger partial charge in [-0.1, -0.05) is 19.1 Å². The highest BCUT2D eigenvalue weighted by Crippen LogP contribution is 2.12. The lowest BCUT2D eigenvalue weighted by molar-refractivity contribution is -0.143. The fourth-order valence-electron chi connectivity index (χ4n) is 1.46. The van der Waals surface area contributed by atoms with Crippen LogP contribution in [-0.2, 0) is 20.7 Å². The highest BCUT2D eigenvalue weighted by atomic mass is 16.5. The SMILES string of the molecule is CCCC(=O)OCCc1ccc(OCC(=O)O)cc1. The largest absolute Gasteiger partial charge is 0.482 e. The summed E-state index contributed by atoms with van der Waals surface area (Å²) in [5.74, 6) is -0.676. The van der Waals surface area contributed by atoms with E-state index in [2.05, 4.69) is 0 Å². The van der Waals surface area contributed by atoms with Crippen LogP contribution >= 0.6 is 0 Å². The number of carbonyl (C=O) groups excluding carboxylic acids is 1. The van der Waals surface area contributed by atoms with Gasteiger partial charge in [-0.3, -0.25) is 4.79 Å². The molecule has 5 heteroatoms. The van der Waals surface area contributed by atoms with Crippen LogP contribution in [0.1, 0.15) is 25.3 Å². The number of hydrogen-bond acceptors (Lipinski definition) is 4. The molecule has 0 aliphatic carbocycles. The smallest absolute Gasteiger partial charge is 0.341 e. The molecule has 0 amide bonds. The van der Waals surface area contributed by atoms with Gasteiger partial charge >= 0.3 is 11.9 Å². The van der Waals surface area contributed by atoms with Crippen molar-refractivity contribution >= 4 is 11.9 Å². The van der Waals surface area contributed by atoms with Gasteiger partial charge in [-0.15, -0.1) is 0 Å². The number of ether oxygens (including phenoxy) is 2. The molecule has 1 N–H and O–H groups in total. The molecule has 0 aliphatic heterocycles. The van der Waals surface area contributed by atoms with E-state index in [4.69, 9.17) is 14.6 Å². The minimum atomic E-state index is -1.01. The first-order chi connectivity index (χ1) is 9.11. The standard InChI is InChI=1S/C14H18O5/c1-2-3-14(17)18-9-8-11-4-6-12(7-5-11)19-10-13(15)16/h4-7H,2-3,8-10H2,1H3,(H,15,16). The molecule has 104 valence electrons. The molecule has 1 aromatic rings. The molecule has 0 fully saturated rings. The summed E-state index contributed by atoms with van der Waals surface area (Å²) in [4.78, 5) is 21.5. The van der Waals surface area contributed by atoms with E-state index >= 15 is 0 Å². The Balaban J connectivity index is 2.31. The molecule has 1 aromatic carbocycles. The summed E-state index contributed by atoms with van der Waals surface area (Å²) in [5.41, 5.74) is 1.01. The van der Waals surface area contributed by atoms with Crippen molar-refractivity contribution in [2.45, 2.75) is 26.2 Å². The second kappa shape index (κ2) is 8.13. The van der Waals surface area contributed by atoms with Crippen molar-refractivity contribution in [3.8, 4) is 5.75 Å². The van der Waals surface area contributed by atoms with Crippen molar-refractivity contribution in [2.75, 3.05) is 13.2 Å². The van der Waals surface area contributed by atoms with Crippen LogP contribution in [0.5, 0.6) is 5.75 Å². The van der Waals surface area contributed by atoms with E-state index in [9.17, 15) is 9.59 Å². The molecule has 5 nitrogen and oxygen atoms in total. The van der Waals surface area contributed by atoms with Crippen LogP contribution in [-0.4, -0.2) is 30.3 Å². The lowest BCUT2D eigenvalue weighted by atomic mass is 10.1. The number of rotatable bonds is 8. The maximum atomic E-state index is 11.1. The number of carboxylic acids is 1. The molecule has 19 heavy (non-hydrogen) atoms. The maximum Gasteiger partial charge on any atom is 0.341 e. The first-order valence-electron chi connectivity index (χ1n) is 6.21. The molecule has 0 spiro atoms. The molecule has 0 bridgehead atoms. The van der Waals surface area contributed by atoms with Crippen LogP contribution < -0.4 is 4.74 Å². The van der Waals surface area contributed by atoms with E-state index in [1.54, 1.807) is 12.1 Å². The van der Waals surface area contributed by atoms with Crippen molar-refractivity contribution in [3.63, 3.8) is 0 Å². The molecule has 0 radical (unpaired) electrons. The van der Waals surface area contributed by atoms with Crippen molar-refractivity contribution < 1.29 is 24.2 Å². The zero-order chi connectivity index (χ0) is 14.1. The summed E-state index contributed by atoms with van der Waals surface area (Å²) < 4.78 is 10.1. The van der Waals surface area contributed by atoms with Gasteiger partial charge in [0, 0.05) is 12.8 Å². The van der Waals surface area contributed by atoms with Gasteiger partial charge in [0.1, 0.15) is 5.75 Å². The zero-order valence-electron chi connectivity index (χ0n) is 10.9. The Morgan fingerprint density at radius 2 is 1.89 bits per heavy atom. The first-order valence-corrected chi connectivity index (χ1v) is 6.21. The second-order valence-corrected chi connectivity index (χ2v) is 4.05. The Hall–Kier alpha value is -2.04. The highest BCUT2D eigenvalue weighted by molar-refractivity contribution is 5.69. The average Bonchev–Trinajstić information content (AvgIpc) is 2.38. The summed E-state index contributed by atoms with van der Waals surface area (Å²) >= 11 is 0. The van der Waals surface area contributed by atoms with Gasteiger partial charge in [-0.05, 0) is 24.1 Å². The average molecular weight is 266 g/mol. The molecular formula is C14H18O5. The van der Waals surface area contributed by atoms with Crippen LogP contribution in [0.25, 0.3) is 0 Å². The summed E-state index contributed by atoms with van der Waals surface area (Å²) in [6.07, 6.45) is 1.87. The molecule has 0 unspecified atom stereocenters. The lowest BCUT2D eigenvalue weighted by Gasteiger charge is -2.06. The fourth-order valence-corrected chi connectivity index (χ4v) is 1.46. The van der Waals surface area contributed by atoms with Gasteiger partial charge in [0.15, 0.2) is 6.61 Å². The maximum absolute atomic E-state index is 11.1. The summed E-state index contributed by atoms with van der Waals surface area (Å²) in [5, 5.41) is 8.47. The van der Waals surface area contributed by atoms with Crippen LogP contribution in [0.3, 0.4) is 0 Å². The van der Waals surface area contributed by atoms with Crippen molar-refractivity contribution in [1.82, 2.24) is 0 Å².